The number of carbonyl (C=O) groups is 1. The second-order valence-electron chi connectivity index (χ2n) is 7.24. The lowest BCUT2D eigenvalue weighted by atomic mass is 10.1. The molecule has 1 unspecified atom stereocenters. The Kier molecular flexibility index (Phi) is 5.38. The van der Waals surface area contributed by atoms with Crippen LogP contribution in [0.5, 0.6) is 5.75 Å². The minimum Gasteiger partial charge on any atom is -0.490 e. The molecule has 4 rings (SSSR count). The fourth-order valence-corrected chi connectivity index (χ4v) is 3.76. The molecule has 2 fully saturated rings. The molecule has 0 aliphatic carbocycles. The van der Waals surface area contributed by atoms with Crippen molar-refractivity contribution in [3.05, 3.63) is 48.0 Å². The first-order valence-electron chi connectivity index (χ1n) is 9.66. The number of rotatable bonds is 4. The summed E-state index contributed by atoms with van der Waals surface area (Å²) in [7, 11) is 0. The number of carbonyl (C=O) groups excluding carboxylic acids is 1. The van der Waals surface area contributed by atoms with Crippen LogP contribution in [0.3, 0.4) is 0 Å². The van der Waals surface area contributed by atoms with E-state index in [4.69, 9.17) is 4.74 Å². The van der Waals surface area contributed by atoms with Gasteiger partial charge in [0.25, 0.3) is 5.91 Å². The van der Waals surface area contributed by atoms with Crippen molar-refractivity contribution in [3.8, 4) is 5.75 Å². The monoisotopic (exact) mass is 372 g/mol. The summed E-state index contributed by atoms with van der Waals surface area (Å²) in [6, 6.07) is 8.21. The first kappa shape index (κ1) is 18.0. The number of hydrogen-bond acceptors (Lipinski definition) is 4. The van der Waals surface area contributed by atoms with Crippen LogP contribution in [-0.2, 0) is 0 Å². The van der Waals surface area contributed by atoms with E-state index >= 15 is 0 Å². The van der Waals surface area contributed by atoms with Gasteiger partial charge in [0.2, 0.25) is 0 Å². The van der Waals surface area contributed by atoms with Crippen LogP contribution in [-0.4, -0.2) is 52.9 Å². The topological polar surface area (TPSA) is 59.4 Å². The molecular weight excluding hydrogens is 347 g/mol. The van der Waals surface area contributed by atoms with Crippen molar-refractivity contribution in [1.82, 2.24) is 20.0 Å². The summed E-state index contributed by atoms with van der Waals surface area (Å²) < 4.78 is 20.8. The van der Waals surface area contributed by atoms with Gasteiger partial charge in [-0.25, -0.2) is 4.39 Å². The normalized spacial score (nSPS) is 21.2. The van der Waals surface area contributed by atoms with Crippen LogP contribution < -0.4 is 10.1 Å². The van der Waals surface area contributed by atoms with E-state index in [0.717, 1.165) is 38.8 Å². The van der Waals surface area contributed by atoms with Crippen molar-refractivity contribution in [1.29, 1.82) is 0 Å². The van der Waals surface area contributed by atoms with Crippen LogP contribution in [0.25, 0.3) is 0 Å². The second kappa shape index (κ2) is 8.08. The van der Waals surface area contributed by atoms with Gasteiger partial charge in [-0.2, -0.15) is 5.10 Å². The van der Waals surface area contributed by atoms with Crippen molar-refractivity contribution >= 4 is 5.91 Å². The standard InChI is InChI=1S/C20H25FN4O2/c21-15-3-5-17(6-4-15)27-18-7-11-24(12-8-18)20(26)19-9-13-25(23-19)16-2-1-10-22-14-16/h3-6,9,13,16,18,22H,1-2,7-8,10-12,14H2. The predicted octanol–water partition coefficient (Wildman–Crippen LogP) is 2.63. The second-order valence-corrected chi connectivity index (χ2v) is 7.24. The smallest absolute Gasteiger partial charge is 0.274 e. The largest absolute Gasteiger partial charge is 0.490 e. The zero-order valence-corrected chi connectivity index (χ0v) is 15.3. The Morgan fingerprint density at radius 3 is 2.63 bits per heavy atom. The summed E-state index contributed by atoms with van der Waals surface area (Å²) in [5.41, 5.74) is 0.512. The van der Waals surface area contributed by atoms with Gasteiger partial charge in [0.15, 0.2) is 0 Å². The molecule has 1 aromatic heterocycles. The molecule has 2 aliphatic heterocycles. The number of nitrogens with one attached hydrogen (secondary N) is 1. The summed E-state index contributed by atoms with van der Waals surface area (Å²) in [5.74, 6) is 0.380. The first-order chi connectivity index (χ1) is 13.2. The summed E-state index contributed by atoms with van der Waals surface area (Å²) in [5, 5.41) is 7.89. The predicted molar refractivity (Wildman–Crippen MR) is 99.3 cm³/mol. The highest BCUT2D eigenvalue weighted by atomic mass is 19.1. The average molecular weight is 372 g/mol. The van der Waals surface area contributed by atoms with E-state index < -0.39 is 0 Å². The number of hydrogen-bond donors (Lipinski definition) is 1. The molecule has 27 heavy (non-hydrogen) atoms. The van der Waals surface area contributed by atoms with Gasteiger partial charge >= 0.3 is 0 Å². The fourth-order valence-electron chi connectivity index (χ4n) is 3.76. The van der Waals surface area contributed by atoms with E-state index in [1.54, 1.807) is 12.1 Å². The summed E-state index contributed by atoms with van der Waals surface area (Å²) in [6.07, 6.45) is 5.71. The third-order valence-electron chi connectivity index (χ3n) is 5.32. The van der Waals surface area contributed by atoms with Crippen LogP contribution in [0.15, 0.2) is 36.5 Å². The highest BCUT2D eigenvalue weighted by Crippen LogP contribution is 2.21. The number of piperidine rings is 2. The van der Waals surface area contributed by atoms with Crippen molar-refractivity contribution in [2.24, 2.45) is 0 Å². The molecule has 0 radical (unpaired) electrons. The minimum absolute atomic E-state index is 0.0160. The molecule has 0 saturated carbocycles. The number of benzene rings is 1. The average Bonchev–Trinajstić information content (AvgIpc) is 3.21. The molecule has 0 spiro atoms. The van der Waals surface area contributed by atoms with E-state index in [1.165, 1.54) is 12.1 Å². The highest BCUT2D eigenvalue weighted by molar-refractivity contribution is 5.92. The number of halogens is 1. The van der Waals surface area contributed by atoms with Gasteiger partial charge < -0.3 is 15.0 Å². The van der Waals surface area contributed by atoms with E-state index in [2.05, 4.69) is 10.4 Å². The summed E-state index contributed by atoms with van der Waals surface area (Å²) >= 11 is 0. The molecule has 1 aromatic carbocycles. The summed E-state index contributed by atoms with van der Waals surface area (Å²) in [6.45, 7) is 3.24. The lowest BCUT2D eigenvalue weighted by molar-refractivity contribution is 0.0588. The Morgan fingerprint density at radius 2 is 1.93 bits per heavy atom. The van der Waals surface area contributed by atoms with Gasteiger partial charge in [0.05, 0.1) is 6.04 Å². The van der Waals surface area contributed by atoms with Crippen molar-refractivity contribution < 1.29 is 13.9 Å². The van der Waals surface area contributed by atoms with Crippen LogP contribution >= 0.6 is 0 Å². The number of ether oxygens (including phenoxy) is 1. The molecule has 1 N–H and O–H groups in total. The lowest BCUT2D eigenvalue weighted by Gasteiger charge is -2.31. The molecule has 2 aliphatic rings. The number of likely N-dealkylation sites (tertiary alicyclic amines) is 1. The number of aromatic nitrogens is 2. The highest BCUT2D eigenvalue weighted by Gasteiger charge is 2.26. The van der Waals surface area contributed by atoms with Gasteiger partial charge in [0.1, 0.15) is 23.4 Å². The zero-order valence-electron chi connectivity index (χ0n) is 15.3. The molecule has 6 nitrogen and oxygen atoms in total. The van der Waals surface area contributed by atoms with E-state index in [1.807, 2.05) is 21.8 Å². The maximum absolute atomic E-state index is 13.0. The first-order valence-corrected chi connectivity index (χ1v) is 9.66. The van der Waals surface area contributed by atoms with E-state index in [0.29, 0.717) is 30.6 Å². The Hall–Kier alpha value is -2.41. The summed E-state index contributed by atoms with van der Waals surface area (Å²) in [4.78, 5) is 14.6. The van der Waals surface area contributed by atoms with Crippen LogP contribution in [0.2, 0.25) is 0 Å². The molecule has 144 valence electrons. The molecule has 3 heterocycles. The van der Waals surface area contributed by atoms with Crippen molar-refractivity contribution in [2.75, 3.05) is 26.2 Å². The van der Waals surface area contributed by atoms with Gasteiger partial charge in [-0.15, -0.1) is 0 Å². The third-order valence-corrected chi connectivity index (χ3v) is 5.32. The third kappa shape index (κ3) is 4.30. The van der Waals surface area contributed by atoms with Crippen molar-refractivity contribution in [3.63, 3.8) is 0 Å². The molecule has 1 amide bonds. The number of nitrogens with zero attached hydrogens (tertiary/aromatic N) is 3. The van der Waals surface area contributed by atoms with Gasteiger partial charge in [-0.1, -0.05) is 0 Å². The van der Waals surface area contributed by atoms with Gasteiger partial charge in [-0.05, 0) is 49.7 Å². The van der Waals surface area contributed by atoms with E-state index in [9.17, 15) is 9.18 Å². The molecule has 2 aromatic rings. The molecule has 0 bridgehead atoms. The van der Waals surface area contributed by atoms with Crippen LogP contribution in [0.4, 0.5) is 4.39 Å². The van der Waals surface area contributed by atoms with Crippen LogP contribution in [0, 0.1) is 5.82 Å². The fraction of sp³-hybridized carbons (Fsp3) is 0.500. The Balaban J connectivity index is 1.30. The maximum atomic E-state index is 13.0. The quantitative estimate of drug-likeness (QED) is 0.896. The maximum Gasteiger partial charge on any atom is 0.274 e. The Bertz CT molecular complexity index is 763. The Labute approximate surface area is 158 Å². The Morgan fingerprint density at radius 1 is 1.15 bits per heavy atom. The molecular formula is C20H25FN4O2. The zero-order chi connectivity index (χ0) is 18.6. The SMILES string of the molecule is O=C(c1ccn(C2CCCNC2)n1)N1CCC(Oc2ccc(F)cc2)CC1. The van der Waals surface area contributed by atoms with Crippen molar-refractivity contribution in [2.45, 2.75) is 37.8 Å². The lowest BCUT2D eigenvalue weighted by Crippen LogP contribution is -2.42. The number of amides is 1. The molecule has 1 atom stereocenters. The van der Waals surface area contributed by atoms with Gasteiger partial charge in [0, 0.05) is 38.7 Å². The molecule has 7 heteroatoms. The van der Waals surface area contributed by atoms with E-state index in [-0.39, 0.29) is 17.8 Å². The van der Waals surface area contributed by atoms with Gasteiger partial charge in [-0.3, -0.25) is 9.48 Å². The minimum atomic E-state index is -0.272. The molecule has 2 saturated heterocycles. The van der Waals surface area contributed by atoms with Crippen LogP contribution in [0.1, 0.15) is 42.2 Å².